The highest BCUT2D eigenvalue weighted by Gasteiger charge is 2.12. The summed E-state index contributed by atoms with van der Waals surface area (Å²) in [5.41, 5.74) is 1.98. The van der Waals surface area contributed by atoms with Gasteiger partial charge in [-0.05, 0) is 35.4 Å². The lowest BCUT2D eigenvalue weighted by molar-refractivity contribution is -0.120. The average molecular weight is 362 g/mol. The first-order valence-corrected chi connectivity index (χ1v) is 7.90. The van der Waals surface area contributed by atoms with Crippen molar-refractivity contribution in [3.63, 3.8) is 0 Å². The SMILES string of the molecule is O=C(Cc1ccc(Br)cc1)NCc1ccc2c(c1)OCCO2. The van der Waals surface area contributed by atoms with E-state index in [0.29, 0.717) is 26.2 Å². The molecular weight excluding hydrogens is 346 g/mol. The van der Waals surface area contributed by atoms with Gasteiger partial charge in [-0.1, -0.05) is 34.1 Å². The Bertz CT molecular complexity index is 670. The van der Waals surface area contributed by atoms with Gasteiger partial charge in [-0.15, -0.1) is 0 Å². The van der Waals surface area contributed by atoms with Crippen LogP contribution in [0.4, 0.5) is 0 Å². The Morgan fingerprint density at radius 2 is 1.68 bits per heavy atom. The van der Waals surface area contributed by atoms with E-state index in [9.17, 15) is 4.79 Å². The van der Waals surface area contributed by atoms with Gasteiger partial charge in [0.1, 0.15) is 13.2 Å². The number of benzene rings is 2. The van der Waals surface area contributed by atoms with E-state index >= 15 is 0 Å². The van der Waals surface area contributed by atoms with Crippen molar-refractivity contribution < 1.29 is 14.3 Å². The second-order valence-corrected chi connectivity index (χ2v) is 5.97. The zero-order valence-electron chi connectivity index (χ0n) is 12.0. The van der Waals surface area contributed by atoms with Crippen molar-refractivity contribution >= 4 is 21.8 Å². The molecule has 0 spiro atoms. The molecule has 0 bridgehead atoms. The molecule has 2 aromatic carbocycles. The lowest BCUT2D eigenvalue weighted by Gasteiger charge is -2.19. The molecule has 0 saturated carbocycles. The molecule has 2 aromatic rings. The molecule has 1 aliphatic rings. The molecule has 1 heterocycles. The van der Waals surface area contributed by atoms with E-state index in [-0.39, 0.29) is 5.91 Å². The highest BCUT2D eigenvalue weighted by Crippen LogP contribution is 2.30. The molecule has 1 amide bonds. The summed E-state index contributed by atoms with van der Waals surface area (Å²) in [5, 5.41) is 2.92. The van der Waals surface area contributed by atoms with Gasteiger partial charge in [0.25, 0.3) is 0 Å². The summed E-state index contributed by atoms with van der Waals surface area (Å²) in [7, 11) is 0. The third-order valence-corrected chi connectivity index (χ3v) is 3.90. The molecule has 3 rings (SSSR count). The average Bonchev–Trinajstić information content (AvgIpc) is 2.55. The van der Waals surface area contributed by atoms with Crippen LogP contribution in [0.3, 0.4) is 0 Å². The first kappa shape index (κ1) is 14.9. The van der Waals surface area contributed by atoms with E-state index in [4.69, 9.17) is 9.47 Å². The second-order valence-electron chi connectivity index (χ2n) is 5.06. The van der Waals surface area contributed by atoms with Crippen LogP contribution >= 0.6 is 15.9 Å². The minimum atomic E-state index is -0.00258. The number of halogens is 1. The monoisotopic (exact) mass is 361 g/mol. The van der Waals surface area contributed by atoms with E-state index in [0.717, 1.165) is 27.1 Å². The molecule has 0 atom stereocenters. The van der Waals surface area contributed by atoms with Crippen molar-refractivity contribution in [2.45, 2.75) is 13.0 Å². The van der Waals surface area contributed by atoms with Crippen LogP contribution in [0, 0.1) is 0 Å². The third kappa shape index (κ3) is 3.80. The van der Waals surface area contributed by atoms with Gasteiger partial charge in [0, 0.05) is 11.0 Å². The predicted octanol–water partition coefficient (Wildman–Crippen LogP) is 3.08. The lowest BCUT2D eigenvalue weighted by atomic mass is 10.1. The summed E-state index contributed by atoms with van der Waals surface area (Å²) < 4.78 is 12.0. The molecule has 1 aliphatic heterocycles. The summed E-state index contributed by atoms with van der Waals surface area (Å²) in [6.07, 6.45) is 0.373. The fourth-order valence-corrected chi connectivity index (χ4v) is 2.51. The smallest absolute Gasteiger partial charge is 0.224 e. The minimum absolute atomic E-state index is 0.00258. The first-order valence-electron chi connectivity index (χ1n) is 7.10. The number of hydrogen-bond acceptors (Lipinski definition) is 3. The maximum atomic E-state index is 12.0. The van der Waals surface area contributed by atoms with Gasteiger partial charge in [-0.3, -0.25) is 4.79 Å². The van der Waals surface area contributed by atoms with Gasteiger partial charge in [-0.25, -0.2) is 0 Å². The highest BCUT2D eigenvalue weighted by atomic mass is 79.9. The van der Waals surface area contributed by atoms with Crippen LogP contribution in [0.15, 0.2) is 46.9 Å². The maximum absolute atomic E-state index is 12.0. The van der Waals surface area contributed by atoms with E-state index in [1.807, 2.05) is 42.5 Å². The Hall–Kier alpha value is -2.01. The summed E-state index contributed by atoms with van der Waals surface area (Å²) in [5.74, 6) is 1.50. The number of hydrogen-bond donors (Lipinski definition) is 1. The molecule has 0 saturated heterocycles. The van der Waals surface area contributed by atoms with Crippen molar-refractivity contribution in [3.05, 3.63) is 58.1 Å². The van der Waals surface area contributed by atoms with Gasteiger partial charge in [-0.2, -0.15) is 0 Å². The number of fused-ring (bicyclic) bond motifs is 1. The molecule has 0 aliphatic carbocycles. The Morgan fingerprint density at radius 3 is 2.45 bits per heavy atom. The summed E-state index contributed by atoms with van der Waals surface area (Å²) in [6, 6.07) is 13.5. The number of carbonyl (C=O) groups is 1. The second kappa shape index (κ2) is 6.83. The number of amides is 1. The minimum Gasteiger partial charge on any atom is -0.486 e. The zero-order valence-corrected chi connectivity index (χ0v) is 13.6. The molecular formula is C17H16BrNO3. The van der Waals surface area contributed by atoms with E-state index in [2.05, 4.69) is 21.2 Å². The van der Waals surface area contributed by atoms with Crippen LogP contribution < -0.4 is 14.8 Å². The lowest BCUT2D eigenvalue weighted by Crippen LogP contribution is -2.24. The Balaban J connectivity index is 1.55. The van der Waals surface area contributed by atoms with Crippen LogP contribution in [-0.2, 0) is 17.8 Å². The molecule has 0 unspecified atom stereocenters. The molecule has 0 radical (unpaired) electrons. The number of nitrogens with one attached hydrogen (secondary N) is 1. The fraction of sp³-hybridized carbons (Fsp3) is 0.235. The van der Waals surface area contributed by atoms with Crippen LogP contribution in [0.25, 0.3) is 0 Å². The number of ether oxygens (including phenoxy) is 2. The van der Waals surface area contributed by atoms with Crippen LogP contribution in [0.5, 0.6) is 11.5 Å². The number of carbonyl (C=O) groups excluding carboxylic acids is 1. The van der Waals surface area contributed by atoms with E-state index in [1.54, 1.807) is 0 Å². The Labute approximate surface area is 137 Å². The van der Waals surface area contributed by atoms with Crippen molar-refractivity contribution in [2.75, 3.05) is 13.2 Å². The van der Waals surface area contributed by atoms with Crippen LogP contribution in [-0.4, -0.2) is 19.1 Å². The van der Waals surface area contributed by atoms with E-state index < -0.39 is 0 Å². The first-order chi connectivity index (χ1) is 10.7. The molecule has 114 valence electrons. The summed E-state index contributed by atoms with van der Waals surface area (Å²) in [4.78, 5) is 12.0. The van der Waals surface area contributed by atoms with Gasteiger partial charge in [0.05, 0.1) is 6.42 Å². The topological polar surface area (TPSA) is 47.6 Å². The molecule has 4 nitrogen and oxygen atoms in total. The summed E-state index contributed by atoms with van der Waals surface area (Å²) >= 11 is 3.38. The van der Waals surface area contributed by atoms with Crippen molar-refractivity contribution in [3.8, 4) is 11.5 Å². The predicted molar refractivity (Wildman–Crippen MR) is 87.1 cm³/mol. The standard InChI is InChI=1S/C17H16BrNO3/c18-14-4-1-12(2-5-14)10-17(20)19-11-13-3-6-15-16(9-13)22-8-7-21-15/h1-6,9H,7-8,10-11H2,(H,19,20). The molecule has 5 heteroatoms. The quantitative estimate of drug-likeness (QED) is 0.910. The van der Waals surface area contributed by atoms with Crippen molar-refractivity contribution in [1.82, 2.24) is 5.32 Å². The van der Waals surface area contributed by atoms with Gasteiger partial charge >= 0.3 is 0 Å². The van der Waals surface area contributed by atoms with Crippen LogP contribution in [0.2, 0.25) is 0 Å². The fourth-order valence-electron chi connectivity index (χ4n) is 2.25. The molecule has 0 fully saturated rings. The van der Waals surface area contributed by atoms with Gasteiger partial charge in [0.2, 0.25) is 5.91 Å². The van der Waals surface area contributed by atoms with Gasteiger partial charge in [0.15, 0.2) is 11.5 Å². The molecule has 22 heavy (non-hydrogen) atoms. The van der Waals surface area contributed by atoms with E-state index in [1.165, 1.54) is 0 Å². The van der Waals surface area contributed by atoms with Crippen molar-refractivity contribution in [2.24, 2.45) is 0 Å². The number of rotatable bonds is 4. The summed E-state index contributed by atoms with van der Waals surface area (Å²) in [6.45, 7) is 1.62. The maximum Gasteiger partial charge on any atom is 0.224 e. The van der Waals surface area contributed by atoms with Crippen molar-refractivity contribution in [1.29, 1.82) is 0 Å². The largest absolute Gasteiger partial charge is 0.486 e. The highest BCUT2D eigenvalue weighted by molar-refractivity contribution is 9.10. The third-order valence-electron chi connectivity index (χ3n) is 3.37. The molecule has 1 N–H and O–H groups in total. The molecule has 0 aromatic heterocycles. The normalized spacial score (nSPS) is 12.8. The Morgan fingerprint density at radius 1 is 1.00 bits per heavy atom. The van der Waals surface area contributed by atoms with Crippen LogP contribution in [0.1, 0.15) is 11.1 Å². The zero-order chi connectivity index (χ0) is 15.4. The Kier molecular flexibility index (Phi) is 4.63. The van der Waals surface area contributed by atoms with Gasteiger partial charge < -0.3 is 14.8 Å².